The summed E-state index contributed by atoms with van der Waals surface area (Å²) in [5, 5.41) is 47.9. The molecule has 0 bridgehead atoms. The molecule has 5 unspecified atom stereocenters. The Kier molecular flexibility index (Phi) is 6.64. The van der Waals surface area contributed by atoms with Crippen molar-refractivity contribution < 1.29 is 25.2 Å². The maximum absolute atomic E-state index is 13.3. The van der Waals surface area contributed by atoms with Crippen molar-refractivity contribution in [3.63, 3.8) is 0 Å². The van der Waals surface area contributed by atoms with Gasteiger partial charge in [-0.15, -0.1) is 11.3 Å². The second-order valence-electron chi connectivity index (χ2n) is 10.8. The Hall–Kier alpha value is -3.14. The van der Waals surface area contributed by atoms with E-state index in [4.69, 9.17) is 4.98 Å². The fourth-order valence-corrected chi connectivity index (χ4v) is 7.48. The SMILES string of the molecule is CC1(CO)C(O)CCC2(C)C(CC(=O)Nc3cccc(O)c3)c3nc(Nc4cccc(O)c4)sc3CC12. The molecule has 2 aromatic carbocycles. The number of nitrogens with zero attached hydrogens (tertiary/aromatic N) is 1. The average Bonchev–Trinajstić information content (AvgIpc) is 3.25. The van der Waals surface area contributed by atoms with Crippen molar-refractivity contribution in [1.82, 2.24) is 4.98 Å². The number of carbonyl (C=O) groups is 1. The third-order valence-electron chi connectivity index (χ3n) is 8.51. The van der Waals surface area contributed by atoms with Gasteiger partial charge in [-0.2, -0.15) is 0 Å². The summed E-state index contributed by atoms with van der Waals surface area (Å²) in [5.41, 5.74) is 1.04. The van der Waals surface area contributed by atoms with Crippen molar-refractivity contribution in [3.05, 3.63) is 59.1 Å². The maximum Gasteiger partial charge on any atom is 0.225 e. The zero-order valence-corrected chi connectivity index (χ0v) is 21.8. The minimum Gasteiger partial charge on any atom is -0.508 e. The van der Waals surface area contributed by atoms with Gasteiger partial charge in [-0.3, -0.25) is 4.79 Å². The highest BCUT2D eigenvalue weighted by atomic mass is 32.1. The largest absolute Gasteiger partial charge is 0.508 e. The van der Waals surface area contributed by atoms with E-state index in [0.29, 0.717) is 35.8 Å². The van der Waals surface area contributed by atoms with Crippen molar-refractivity contribution in [1.29, 1.82) is 0 Å². The number of nitrogens with one attached hydrogen (secondary N) is 2. The van der Waals surface area contributed by atoms with Crippen LogP contribution >= 0.6 is 11.3 Å². The molecule has 5 rings (SSSR count). The Bertz CT molecular complexity index is 1310. The molecule has 37 heavy (non-hydrogen) atoms. The molecule has 9 heteroatoms. The Labute approximate surface area is 220 Å². The quantitative estimate of drug-likeness (QED) is 0.275. The standard InChI is InChI=1S/C28H33N3O5S/c1-27-10-9-23(35)28(2,15-32)22(27)14-21-25(31-26(37-21)30-17-6-4-8-19(34)12-17)20(27)13-24(36)29-16-5-3-7-18(33)11-16/h3-8,11-12,20,22-23,32-35H,9-10,13-15H2,1-2H3,(H,29,36)(H,30,31). The van der Waals surface area contributed by atoms with Crippen LogP contribution in [-0.2, 0) is 11.2 Å². The van der Waals surface area contributed by atoms with Crippen molar-refractivity contribution in [3.8, 4) is 11.5 Å². The second-order valence-corrected chi connectivity index (χ2v) is 11.9. The molecule has 0 saturated heterocycles. The molecule has 3 aromatic rings. The predicted octanol–water partition coefficient (Wildman–Crippen LogP) is 4.74. The first-order chi connectivity index (χ1) is 17.6. The van der Waals surface area contributed by atoms with Gasteiger partial charge in [0.2, 0.25) is 5.91 Å². The molecule has 8 nitrogen and oxygen atoms in total. The number of hydrogen-bond donors (Lipinski definition) is 6. The zero-order valence-electron chi connectivity index (χ0n) is 20.9. The van der Waals surface area contributed by atoms with Gasteiger partial charge in [0.05, 0.1) is 18.4 Å². The van der Waals surface area contributed by atoms with E-state index in [1.807, 2.05) is 13.0 Å². The van der Waals surface area contributed by atoms with Gasteiger partial charge in [0.1, 0.15) is 11.5 Å². The molecule has 196 valence electrons. The smallest absolute Gasteiger partial charge is 0.225 e. The summed E-state index contributed by atoms with van der Waals surface area (Å²) in [7, 11) is 0. The fourth-order valence-electron chi connectivity index (χ4n) is 6.39. The lowest BCUT2D eigenvalue weighted by Gasteiger charge is -2.58. The Balaban J connectivity index is 1.51. The maximum atomic E-state index is 13.3. The summed E-state index contributed by atoms with van der Waals surface area (Å²) < 4.78 is 0. The Morgan fingerprint density at radius 1 is 1.11 bits per heavy atom. The molecule has 0 aliphatic heterocycles. The van der Waals surface area contributed by atoms with Crippen LogP contribution in [0.3, 0.4) is 0 Å². The topological polar surface area (TPSA) is 135 Å². The number of benzene rings is 2. The number of aliphatic hydroxyl groups is 2. The lowest BCUT2D eigenvalue weighted by Crippen LogP contribution is -2.57. The Morgan fingerprint density at radius 2 is 1.78 bits per heavy atom. The van der Waals surface area contributed by atoms with Gasteiger partial charge in [0, 0.05) is 46.1 Å². The lowest BCUT2D eigenvalue weighted by atomic mass is 9.47. The number of carbonyl (C=O) groups excluding carboxylic acids is 1. The second kappa shape index (κ2) is 9.63. The number of thiazole rings is 1. The van der Waals surface area contributed by atoms with Crippen LogP contribution in [0.15, 0.2) is 48.5 Å². The number of anilines is 3. The first kappa shape index (κ1) is 25.5. The van der Waals surface area contributed by atoms with E-state index in [2.05, 4.69) is 17.6 Å². The van der Waals surface area contributed by atoms with Crippen molar-refractivity contribution in [2.75, 3.05) is 17.2 Å². The van der Waals surface area contributed by atoms with Gasteiger partial charge in [-0.25, -0.2) is 4.98 Å². The summed E-state index contributed by atoms with van der Waals surface area (Å²) >= 11 is 1.51. The van der Waals surface area contributed by atoms with Crippen LogP contribution in [0.2, 0.25) is 0 Å². The number of aromatic hydroxyl groups is 2. The molecule has 1 fully saturated rings. The predicted molar refractivity (Wildman–Crippen MR) is 143 cm³/mol. The van der Waals surface area contributed by atoms with E-state index < -0.39 is 11.5 Å². The summed E-state index contributed by atoms with van der Waals surface area (Å²) in [6.07, 6.45) is 1.47. The summed E-state index contributed by atoms with van der Waals surface area (Å²) in [4.78, 5) is 19.3. The van der Waals surface area contributed by atoms with E-state index in [-0.39, 0.29) is 47.7 Å². The van der Waals surface area contributed by atoms with Crippen LogP contribution in [0.4, 0.5) is 16.5 Å². The van der Waals surface area contributed by atoms with E-state index in [0.717, 1.165) is 10.6 Å². The van der Waals surface area contributed by atoms with Crippen molar-refractivity contribution in [2.24, 2.45) is 16.7 Å². The number of phenols is 2. The molecule has 2 aliphatic carbocycles. The third kappa shape index (κ3) is 4.67. The lowest BCUT2D eigenvalue weighted by molar-refractivity contribution is -0.143. The van der Waals surface area contributed by atoms with Gasteiger partial charge in [-0.05, 0) is 54.9 Å². The van der Waals surface area contributed by atoms with Gasteiger partial charge in [-0.1, -0.05) is 26.0 Å². The minimum absolute atomic E-state index is 0.0473. The third-order valence-corrected chi connectivity index (χ3v) is 9.52. The molecule has 1 heterocycles. The monoisotopic (exact) mass is 523 g/mol. The van der Waals surface area contributed by atoms with Crippen LogP contribution in [0, 0.1) is 16.7 Å². The summed E-state index contributed by atoms with van der Waals surface area (Å²) in [6, 6.07) is 13.3. The normalized spacial score (nSPS) is 28.7. The highest BCUT2D eigenvalue weighted by Crippen LogP contribution is 2.63. The zero-order chi connectivity index (χ0) is 26.4. The van der Waals surface area contributed by atoms with Gasteiger partial charge < -0.3 is 31.1 Å². The van der Waals surface area contributed by atoms with E-state index in [1.54, 1.807) is 36.4 Å². The number of hydrogen-bond acceptors (Lipinski definition) is 8. The number of fused-ring (bicyclic) bond motifs is 2. The summed E-state index contributed by atoms with van der Waals surface area (Å²) in [6.45, 7) is 3.97. The van der Waals surface area contributed by atoms with Gasteiger partial charge in [0.25, 0.3) is 0 Å². The molecule has 5 atom stereocenters. The van der Waals surface area contributed by atoms with E-state index in [1.165, 1.54) is 17.4 Å². The number of rotatable bonds is 6. The highest BCUT2D eigenvalue weighted by molar-refractivity contribution is 7.15. The summed E-state index contributed by atoms with van der Waals surface area (Å²) in [5.74, 6) is -0.233. The van der Waals surface area contributed by atoms with Crippen molar-refractivity contribution >= 4 is 33.8 Å². The number of aliphatic hydroxyl groups excluding tert-OH is 2. The first-order valence-electron chi connectivity index (χ1n) is 12.6. The van der Waals surface area contributed by atoms with E-state index >= 15 is 0 Å². The number of amides is 1. The molecule has 0 radical (unpaired) electrons. The van der Waals surface area contributed by atoms with Crippen LogP contribution in [-0.4, -0.2) is 44.0 Å². The average molecular weight is 524 g/mol. The highest BCUT2D eigenvalue weighted by Gasteiger charge is 2.59. The van der Waals surface area contributed by atoms with E-state index in [9.17, 15) is 25.2 Å². The van der Waals surface area contributed by atoms with Crippen LogP contribution in [0.25, 0.3) is 0 Å². The molecule has 1 amide bonds. The molecule has 1 aromatic heterocycles. The first-order valence-corrected chi connectivity index (χ1v) is 13.4. The molecular formula is C28H33N3O5S. The number of aromatic nitrogens is 1. The van der Waals surface area contributed by atoms with Crippen LogP contribution in [0.5, 0.6) is 11.5 Å². The van der Waals surface area contributed by atoms with Gasteiger partial charge in [0.15, 0.2) is 5.13 Å². The van der Waals surface area contributed by atoms with Crippen LogP contribution < -0.4 is 10.6 Å². The molecule has 2 aliphatic rings. The molecule has 1 saturated carbocycles. The molecule has 6 N–H and O–H groups in total. The van der Waals surface area contributed by atoms with Crippen LogP contribution in [0.1, 0.15) is 49.6 Å². The van der Waals surface area contributed by atoms with Gasteiger partial charge >= 0.3 is 0 Å². The fraction of sp³-hybridized carbons (Fsp3) is 0.429. The Morgan fingerprint density at radius 3 is 2.46 bits per heavy atom. The molecular weight excluding hydrogens is 490 g/mol. The van der Waals surface area contributed by atoms with Crippen molar-refractivity contribution in [2.45, 2.75) is 51.6 Å². The minimum atomic E-state index is -0.701. The molecule has 0 spiro atoms. The number of phenolic OH excluding ortho intramolecular Hbond substituents is 2.